The quantitative estimate of drug-likeness (QED) is 0.593. The number of nitrogens with zero attached hydrogens (tertiary/aromatic N) is 2. The van der Waals surface area contributed by atoms with Gasteiger partial charge in [-0.1, -0.05) is 12.1 Å². The Kier molecular flexibility index (Phi) is 4.85. The third-order valence-electron chi connectivity index (χ3n) is 3.26. The van der Waals surface area contributed by atoms with Gasteiger partial charge in [0.25, 0.3) is 0 Å². The molecule has 2 heterocycles. The van der Waals surface area contributed by atoms with Gasteiger partial charge in [0.15, 0.2) is 5.78 Å². The number of rotatable bonds is 3. The largest absolute Gasteiger partial charge is 1.00 e. The van der Waals surface area contributed by atoms with Crippen molar-refractivity contribution in [3.8, 4) is 0 Å². The monoisotopic (exact) mass is 428 g/mol. The molecule has 0 fully saturated rings. The maximum absolute atomic E-state index is 12.3. The van der Waals surface area contributed by atoms with Gasteiger partial charge in [-0.15, -0.1) is 11.3 Å². The molecule has 0 radical (unpaired) electrons. The van der Waals surface area contributed by atoms with Crippen LogP contribution in [-0.4, -0.2) is 14.9 Å². The molecule has 0 atom stereocenters. The molecular formula is C14H12Br2N3OS-. The van der Waals surface area contributed by atoms with Crippen LogP contribution in [0.5, 0.6) is 0 Å². The SMILES string of the molecule is Cn1c(=N)n(CC(=O)c2ccc(Br)s2)c2ccccc21.[Br-]. The topological polar surface area (TPSA) is 50.8 Å². The van der Waals surface area contributed by atoms with E-state index in [4.69, 9.17) is 5.41 Å². The fraction of sp³-hybridized carbons (Fsp3) is 0.143. The van der Waals surface area contributed by atoms with Crippen LogP contribution in [0.3, 0.4) is 0 Å². The van der Waals surface area contributed by atoms with Crippen molar-refractivity contribution in [3.05, 3.63) is 50.7 Å². The maximum Gasteiger partial charge on any atom is 0.203 e. The molecule has 21 heavy (non-hydrogen) atoms. The molecule has 7 heteroatoms. The van der Waals surface area contributed by atoms with Crippen molar-refractivity contribution in [2.24, 2.45) is 7.05 Å². The third kappa shape index (κ3) is 2.90. The van der Waals surface area contributed by atoms with Crippen molar-refractivity contribution in [3.63, 3.8) is 0 Å². The second-order valence-electron chi connectivity index (χ2n) is 4.48. The van der Waals surface area contributed by atoms with Crippen molar-refractivity contribution in [1.29, 1.82) is 5.41 Å². The highest BCUT2D eigenvalue weighted by molar-refractivity contribution is 9.11. The van der Waals surface area contributed by atoms with Crippen molar-refractivity contribution in [2.45, 2.75) is 6.54 Å². The minimum atomic E-state index is 0. The Bertz CT molecular complexity index is 863. The van der Waals surface area contributed by atoms with Crippen molar-refractivity contribution in [1.82, 2.24) is 9.13 Å². The Balaban J connectivity index is 0.00000161. The van der Waals surface area contributed by atoms with E-state index >= 15 is 0 Å². The molecule has 0 saturated heterocycles. The maximum atomic E-state index is 12.3. The smallest absolute Gasteiger partial charge is 0.203 e. The average molecular weight is 430 g/mol. The predicted molar refractivity (Wildman–Crippen MR) is 83.1 cm³/mol. The number of carbonyl (C=O) groups excluding carboxylic acids is 1. The molecule has 0 aliphatic carbocycles. The van der Waals surface area contributed by atoms with E-state index in [-0.39, 0.29) is 29.3 Å². The van der Waals surface area contributed by atoms with Gasteiger partial charge < -0.3 is 26.1 Å². The fourth-order valence-corrected chi connectivity index (χ4v) is 3.55. The van der Waals surface area contributed by atoms with Gasteiger partial charge in [0.2, 0.25) is 5.62 Å². The molecule has 0 aliphatic rings. The lowest BCUT2D eigenvalue weighted by molar-refractivity contribution is -0.0000121. The zero-order valence-electron chi connectivity index (χ0n) is 11.1. The number of ketones is 1. The molecule has 0 amide bonds. The first-order chi connectivity index (χ1) is 9.58. The molecule has 2 aromatic heterocycles. The normalized spacial score (nSPS) is 10.6. The average Bonchev–Trinajstić information content (AvgIpc) is 2.98. The summed E-state index contributed by atoms with van der Waals surface area (Å²) in [5.41, 5.74) is 2.19. The summed E-state index contributed by atoms with van der Waals surface area (Å²) < 4.78 is 4.47. The van der Waals surface area contributed by atoms with E-state index < -0.39 is 0 Å². The summed E-state index contributed by atoms with van der Waals surface area (Å²) in [6.07, 6.45) is 0. The number of fused-ring (bicyclic) bond motifs is 1. The molecule has 0 bridgehead atoms. The Labute approximate surface area is 144 Å². The lowest BCUT2D eigenvalue weighted by atomic mass is 10.3. The summed E-state index contributed by atoms with van der Waals surface area (Å²) in [5, 5.41) is 8.15. The molecule has 3 aromatic rings. The molecule has 110 valence electrons. The highest BCUT2D eigenvalue weighted by atomic mass is 79.9. The lowest BCUT2D eigenvalue weighted by Gasteiger charge is -2.02. The van der Waals surface area contributed by atoms with Gasteiger partial charge in [-0.2, -0.15) is 0 Å². The molecule has 4 nitrogen and oxygen atoms in total. The minimum Gasteiger partial charge on any atom is -1.00 e. The Hall–Kier alpha value is -1.18. The summed E-state index contributed by atoms with van der Waals surface area (Å²) >= 11 is 4.78. The zero-order chi connectivity index (χ0) is 14.3. The van der Waals surface area contributed by atoms with Crippen LogP contribution in [0.1, 0.15) is 9.67 Å². The van der Waals surface area contributed by atoms with Gasteiger partial charge in [-0.05, 0) is 40.2 Å². The van der Waals surface area contributed by atoms with Gasteiger partial charge in [-0.3, -0.25) is 10.2 Å². The molecule has 1 N–H and O–H groups in total. The highest BCUT2D eigenvalue weighted by Crippen LogP contribution is 2.23. The molecule has 0 saturated carbocycles. The summed E-state index contributed by atoms with van der Waals surface area (Å²) in [7, 11) is 1.84. The number of imidazole rings is 1. The number of hydrogen-bond donors (Lipinski definition) is 1. The number of thiophene rings is 1. The predicted octanol–water partition coefficient (Wildman–Crippen LogP) is 0.170. The summed E-state index contributed by atoms with van der Waals surface area (Å²) in [6.45, 7) is 0.188. The molecule has 0 spiro atoms. The fourth-order valence-electron chi connectivity index (χ4n) is 2.23. The van der Waals surface area contributed by atoms with Gasteiger partial charge >= 0.3 is 0 Å². The Morgan fingerprint density at radius 3 is 2.52 bits per heavy atom. The van der Waals surface area contributed by atoms with Crippen molar-refractivity contribution >= 4 is 44.1 Å². The number of Topliss-reactive ketones (excluding diaryl/α,β-unsaturated/α-hetero) is 1. The van der Waals surface area contributed by atoms with E-state index in [1.54, 1.807) is 9.13 Å². The number of carbonyl (C=O) groups is 1. The zero-order valence-corrected chi connectivity index (χ0v) is 15.1. The molecule has 3 rings (SSSR count). The van der Waals surface area contributed by atoms with Gasteiger partial charge in [0.1, 0.15) is 0 Å². The number of aromatic nitrogens is 2. The first kappa shape index (κ1) is 16.2. The molecule has 0 aliphatic heterocycles. The van der Waals surface area contributed by atoms with Crippen molar-refractivity contribution in [2.75, 3.05) is 0 Å². The first-order valence-corrected chi connectivity index (χ1v) is 7.66. The van der Waals surface area contributed by atoms with Crippen LogP contribution in [0.4, 0.5) is 0 Å². The molecule has 1 aromatic carbocycles. The van der Waals surface area contributed by atoms with E-state index in [0.717, 1.165) is 14.8 Å². The number of aryl methyl sites for hydroxylation is 1. The van der Waals surface area contributed by atoms with Gasteiger partial charge in [0.05, 0.1) is 26.2 Å². The van der Waals surface area contributed by atoms with E-state index in [0.29, 0.717) is 10.5 Å². The van der Waals surface area contributed by atoms with Crippen LogP contribution in [0.15, 0.2) is 40.2 Å². The van der Waals surface area contributed by atoms with Crippen molar-refractivity contribution < 1.29 is 21.8 Å². The highest BCUT2D eigenvalue weighted by Gasteiger charge is 2.14. The van der Waals surface area contributed by atoms with Crippen LogP contribution in [0.25, 0.3) is 11.0 Å². The number of halogens is 2. The minimum absolute atomic E-state index is 0. The van der Waals surface area contributed by atoms with Crippen LogP contribution < -0.4 is 22.6 Å². The summed E-state index contributed by atoms with van der Waals surface area (Å²) in [5.74, 6) is 0.0237. The third-order valence-corrected chi connectivity index (χ3v) is 4.92. The number of para-hydroxylation sites is 2. The number of hydrogen-bond acceptors (Lipinski definition) is 3. The molecular weight excluding hydrogens is 418 g/mol. The first-order valence-electron chi connectivity index (χ1n) is 6.05. The van der Waals surface area contributed by atoms with Crippen LogP contribution in [0.2, 0.25) is 0 Å². The number of benzene rings is 1. The van der Waals surface area contributed by atoms with Crippen LogP contribution in [0, 0.1) is 5.41 Å². The van der Waals surface area contributed by atoms with Crippen LogP contribution >= 0.6 is 27.3 Å². The summed E-state index contributed by atoms with van der Waals surface area (Å²) in [4.78, 5) is 13.0. The van der Waals surface area contributed by atoms with Gasteiger partial charge in [-0.25, -0.2) is 0 Å². The lowest BCUT2D eigenvalue weighted by Crippen LogP contribution is -3.00. The van der Waals surface area contributed by atoms with E-state index in [2.05, 4.69) is 15.9 Å². The van der Waals surface area contributed by atoms with E-state index in [1.807, 2.05) is 43.4 Å². The second kappa shape index (κ2) is 6.29. The van der Waals surface area contributed by atoms with E-state index in [9.17, 15) is 4.79 Å². The van der Waals surface area contributed by atoms with Crippen LogP contribution in [-0.2, 0) is 13.6 Å². The second-order valence-corrected chi connectivity index (χ2v) is 6.95. The standard InChI is InChI=1S/C14H12BrN3OS.BrH/c1-17-9-4-2-3-5-10(9)18(14(17)16)8-11(19)12-6-7-13(15)20-12;/h2-7,16H,8H2,1H3;1H/p-1. The number of nitrogens with one attached hydrogen (secondary N) is 1. The van der Waals surface area contributed by atoms with E-state index in [1.165, 1.54) is 11.3 Å². The molecule has 0 unspecified atom stereocenters. The van der Waals surface area contributed by atoms with Gasteiger partial charge in [0, 0.05) is 7.05 Å². The Morgan fingerprint density at radius 2 is 1.90 bits per heavy atom. The Morgan fingerprint density at radius 1 is 1.24 bits per heavy atom. The summed E-state index contributed by atoms with van der Waals surface area (Å²) in [6, 6.07) is 11.4.